The molecule has 4 rings (SSSR count). The Kier molecular flexibility index (Phi) is 4.32. The number of hydrogen-bond donors (Lipinski definition) is 0. The van der Waals surface area contributed by atoms with E-state index < -0.39 is 0 Å². The number of allylic oxidation sites excluding steroid dienone is 2. The van der Waals surface area contributed by atoms with E-state index in [-0.39, 0.29) is 12.1 Å². The predicted molar refractivity (Wildman–Crippen MR) is 101 cm³/mol. The van der Waals surface area contributed by atoms with Crippen LogP contribution in [-0.2, 0) is 9.53 Å². The smallest absolute Gasteiger partial charge is 0.302 e. The van der Waals surface area contributed by atoms with E-state index >= 15 is 0 Å². The third-order valence-corrected chi connectivity index (χ3v) is 9.15. The molecule has 2 heteroatoms. The summed E-state index contributed by atoms with van der Waals surface area (Å²) in [5, 5.41) is 0. The van der Waals surface area contributed by atoms with Crippen molar-refractivity contribution in [2.45, 2.75) is 91.6 Å². The van der Waals surface area contributed by atoms with Gasteiger partial charge in [0.2, 0.25) is 0 Å². The van der Waals surface area contributed by atoms with Crippen molar-refractivity contribution in [3.8, 4) is 0 Å². The van der Waals surface area contributed by atoms with Crippen molar-refractivity contribution in [2.24, 2.45) is 34.5 Å². The molecular weight excluding hydrogens is 308 g/mol. The summed E-state index contributed by atoms with van der Waals surface area (Å²) in [5.41, 5.74) is 2.73. The first-order valence-corrected chi connectivity index (χ1v) is 10.7. The quantitative estimate of drug-likeness (QED) is 0.437. The normalized spacial score (nSPS) is 50.7. The second kappa shape index (κ2) is 6.13. The minimum Gasteiger partial charge on any atom is -0.463 e. The number of ether oxygens (including phenoxy) is 1. The van der Waals surface area contributed by atoms with Gasteiger partial charge in [-0.15, -0.1) is 0 Å². The van der Waals surface area contributed by atoms with E-state index in [1.165, 1.54) is 44.9 Å². The Morgan fingerprint density at radius 1 is 1.08 bits per heavy atom. The molecule has 0 aromatic heterocycles. The number of fused-ring (bicyclic) bond motifs is 5. The fourth-order valence-corrected chi connectivity index (χ4v) is 7.88. The lowest BCUT2D eigenvalue weighted by Gasteiger charge is -2.60. The highest BCUT2D eigenvalue weighted by molar-refractivity contribution is 5.66. The zero-order valence-electron chi connectivity index (χ0n) is 16.6. The largest absolute Gasteiger partial charge is 0.463 e. The molecule has 140 valence electrons. The molecule has 0 unspecified atom stereocenters. The summed E-state index contributed by atoms with van der Waals surface area (Å²) in [7, 11) is 0. The Bertz CT molecular complexity index is 579. The summed E-state index contributed by atoms with van der Waals surface area (Å²) in [5.74, 6) is 3.42. The molecule has 0 amide bonds. The van der Waals surface area contributed by atoms with E-state index in [2.05, 4.69) is 26.8 Å². The molecule has 2 nitrogen and oxygen atoms in total. The molecule has 7 atom stereocenters. The van der Waals surface area contributed by atoms with E-state index in [1.54, 1.807) is 12.5 Å². The molecule has 0 spiro atoms. The lowest BCUT2D eigenvalue weighted by atomic mass is 9.45. The first-order chi connectivity index (χ1) is 11.9. The van der Waals surface area contributed by atoms with Gasteiger partial charge in [-0.1, -0.05) is 25.5 Å². The lowest BCUT2D eigenvalue weighted by Crippen LogP contribution is -2.53. The van der Waals surface area contributed by atoms with Crippen LogP contribution < -0.4 is 0 Å². The Hall–Kier alpha value is -0.790. The molecule has 0 saturated heterocycles. The van der Waals surface area contributed by atoms with Gasteiger partial charge in [-0.25, -0.2) is 0 Å². The highest BCUT2D eigenvalue weighted by Crippen LogP contribution is 2.67. The summed E-state index contributed by atoms with van der Waals surface area (Å²) in [6.07, 6.45) is 14.4. The van der Waals surface area contributed by atoms with E-state index in [0.717, 1.165) is 36.5 Å². The van der Waals surface area contributed by atoms with Gasteiger partial charge in [0, 0.05) is 6.92 Å². The molecule has 4 aliphatic rings. The van der Waals surface area contributed by atoms with E-state index in [4.69, 9.17) is 4.74 Å². The molecule has 0 aliphatic heterocycles. The van der Waals surface area contributed by atoms with Crippen molar-refractivity contribution < 1.29 is 9.53 Å². The Morgan fingerprint density at radius 2 is 1.88 bits per heavy atom. The van der Waals surface area contributed by atoms with Crippen LogP contribution in [0.25, 0.3) is 0 Å². The minimum atomic E-state index is -0.0967. The highest BCUT2D eigenvalue weighted by atomic mass is 16.5. The van der Waals surface area contributed by atoms with E-state index in [0.29, 0.717) is 10.8 Å². The van der Waals surface area contributed by atoms with Crippen molar-refractivity contribution in [3.05, 3.63) is 11.6 Å². The monoisotopic (exact) mass is 344 g/mol. The van der Waals surface area contributed by atoms with Crippen LogP contribution in [0.4, 0.5) is 0 Å². The fourth-order valence-electron chi connectivity index (χ4n) is 7.88. The maximum atomic E-state index is 11.4. The topological polar surface area (TPSA) is 26.3 Å². The van der Waals surface area contributed by atoms with Gasteiger partial charge in [-0.3, -0.25) is 4.79 Å². The number of hydrogen-bond acceptors (Lipinski definition) is 2. The predicted octanol–water partition coefficient (Wildman–Crippen LogP) is 5.91. The SMILES string of the molecule is C/C=C1/CC[C@@H]2[C@H]3CC[C@H]4C[C@H](OC(C)=O)CC[C@]4(C)[C@@H]3CC[C@@]12C. The van der Waals surface area contributed by atoms with Crippen LogP contribution >= 0.6 is 0 Å². The van der Waals surface area contributed by atoms with Crippen LogP contribution in [-0.4, -0.2) is 12.1 Å². The van der Waals surface area contributed by atoms with Crippen molar-refractivity contribution in [2.75, 3.05) is 0 Å². The average Bonchev–Trinajstić information content (AvgIpc) is 2.91. The van der Waals surface area contributed by atoms with Gasteiger partial charge in [0.1, 0.15) is 6.10 Å². The summed E-state index contributed by atoms with van der Waals surface area (Å²) < 4.78 is 5.59. The first kappa shape index (κ1) is 17.6. The number of carbonyl (C=O) groups is 1. The van der Waals surface area contributed by atoms with Crippen molar-refractivity contribution >= 4 is 5.97 Å². The molecule has 0 aromatic carbocycles. The molecule has 4 aliphatic carbocycles. The van der Waals surface area contributed by atoms with Crippen molar-refractivity contribution in [1.82, 2.24) is 0 Å². The molecule has 0 bridgehead atoms. The maximum Gasteiger partial charge on any atom is 0.302 e. The average molecular weight is 345 g/mol. The molecule has 0 radical (unpaired) electrons. The van der Waals surface area contributed by atoms with Crippen LogP contribution in [0.3, 0.4) is 0 Å². The van der Waals surface area contributed by atoms with Crippen molar-refractivity contribution in [3.63, 3.8) is 0 Å². The second-order valence-electron chi connectivity index (χ2n) is 9.97. The van der Waals surface area contributed by atoms with E-state index in [1.807, 2.05) is 0 Å². The number of esters is 1. The van der Waals surface area contributed by atoms with Crippen LogP contribution in [0.5, 0.6) is 0 Å². The van der Waals surface area contributed by atoms with Gasteiger partial charge in [-0.2, -0.15) is 0 Å². The zero-order valence-corrected chi connectivity index (χ0v) is 16.6. The summed E-state index contributed by atoms with van der Waals surface area (Å²) in [6.45, 7) is 8.98. The van der Waals surface area contributed by atoms with Gasteiger partial charge in [0.05, 0.1) is 0 Å². The Labute approximate surface area is 153 Å². The highest BCUT2D eigenvalue weighted by Gasteiger charge is 2.59. The Morgan fingerprint density at radius 3 is 2.60 bits per heavy atom. The molecule has 4 fully saturated rings. The number of carbonyl (C=O) groups excluding carboxylic acids is 1. The van der Waals surface area contributed by atoms with Gasteiger partial charge in [-0.05, 0) is 99.2 Å². The van der Waals surface area contributed by atoms with Crippen molar-refractivity contribution in [1.29, 1.82) is 0 Å². The van der Waals surface area contributed by atoms with Crippen LogP contribution in [0, 0.1) is 34.5 Å². The summed E-state index contributed by atoms with van der Waals surface area (Å²) >= 11 is 0. The number of rotatable bonds is 1. The maximum absolute atomic E-state index is 11.4. The van der Waals surface area contributed by atoms with Gasteiger partial charge in [0.25, 0.3) is 0 Å². The molecular formula is C23H36O2. The zero-order chi connectivity index (χ0) is 17.8. The lowest BCUT2D eigenvalue weighted by molar-refractivity contribution is -0.158. The third-order valence-electron chi connectivity index (χ3n) is 9.15. The van der Waals surface area contributed by atoms with Crippen LogP contribution in [0.15, 0.2) is 11.6 Å². The van der Waals surface area contributed by atoms with Crippen LogP contribution in [0.1, 0.15) is 85.5 Å². The van der Waals surface area contributed by atoms with Gasteiger partial charge < -0.3 is 4.74 Å². The molecule has 0 heterocycles. The second-order valence-corrected chi connectivity index (χ2v) is 9.97. The minimum absolute atomic E-state index is 0.0967. The molecule has 0 N–H and O–H groups in total. The summed E-state index contributed by atoms with van der Waals surface area (Å²) in [4.78, 5) is 11.4. The van der Waals surface area contributed by atoms with Gasteiger partial charge in [0.15, 0.2) is 0 Å². The third kappa shape index (κ3) is 2.61. The summed E-state index contributed by atoms with van der Waals surface area (Å²) in [6, 6.07) is 0. The standard InChI is InChI=1S/C23H36O2/c1-5-16-7-9-20-19-8-6-17-14-18(25-15(2)24)10-12-23(17,4)21(19)11-13-22(16,20)3/h5,17-21H,6-14H2,1-4H3/b16-5-/t17-,18+,19+,20+,21+,22-,23-/m0/s1. The first-order valence-electron chi connectivity index (χ1n) is 10.7. The van der Waals surface area contributed by atoms with Crippen LogP contribution in [0.2, 0.25) is 0 Å². The van der Waals surface area contributed by atoms with Gasteiger partial charge >= 0.3 is 5.97 Å². The fraction of sp³-hybridized carbons (Fsp3) is 0.870. The molecule has 4 saturated carbocycles. The Balaban J connectivity index is 1.55. The molecule has 25 heavy (non-hydrogen) atoms. The van der Waals surface area contributed by atoms with E-state index in [9.17, 15) is 4.79 Å². The molecule has 0 aromatic rings.